The summed E-state index contributed by atoms with van der Waals surface area (Å²) in [5, 5.41) is 0. The van der Waals surface area contributed by atoms with Gasteiger partial charge in [0.15, 0.2) is 0 Å². The van der Waals surface area contributed by atoms with Crippen LogP contribution in [0.2, 0.25) is 0 Å². The van der Waals surface area contributed by atoms with Crippen molar-refractivity contribution < 1.29 is 4.74 Å². The van der Waals surface area contributed by atoms with Crippen LogP contribution in [0.3, 0.4) is 0 Å². The number of nitrogens with zero attached hydrogens (tertiary/aromatic N) is 1. The third-order valence-electron chi connectivity index (χ3n) is 3.17. The maximum absolute atomic E-state index is 5.88. The standard InChI is InChI=1S/C14H24N2OS/c1-16(13(11-15)7-5-9-18-3)12-6-4-8-14(10-12)17-2/h4,6,8,10,13H,5,7,9,11,15H2,1-3H3. The minimum atomic E-state index is 0.393. The van der Waals surface area contributed by atoms with Gasteiger partial charge in [-0.15, -0.1) is 0 Å². The predicted octanol–water partition coefficient (Wildman–Crippen LogP) is 2.60. The molecule has 0 saturated heterocycles. The monoisotopic (exact) mass is 268 g/mol. The maximum atomic E-state index is 5.88. The zero-order valence-corrected chi connectivity index (χ0v) is 12.4. The second-order valence-corrected chi connectivity index (χ2v) is 5.32. The Hall–Kier alpha value is -0.870. The molecular formula is C14H24N2OS. The Bertz CT molecular complexity index is 346. The van der Waals surface area contributed by atoms with E-state index in [-0.39, 0.29) is 0 Å². The van der Waals surface area contributed by atoms with Crippen molar-refractivity contribution in [3.63, 3.8) is 0 Å². The van der Waals surface area contributed by atoms with E-state index in [4.69, 9.17) is 10.5 Å². The molecule has 0 heterocycles. The number of benzene rings is 1. The van der Waals surface area contributed by atoms with Crippen molar-refractivity contribution in [2.24, 2.45) is 5.73 Å². The molecule has 1 aromatic carbocycles. The molecule has 0 saturated carbocycles. The summed E-state index contributed by atoms with van der Waals surface area (Å²) >= 11 is 1.89. The van der Waals surface area contributed by atoms with Gasteiger partial charge in [0.05, 0.1) is 7.11 Å². The van der Waals surface area contributed by atoms with Crippen molar-refractivity contribution in [3.8, 4) is 5.75 Å². The highest BCUT2D eigenvalue weighted by Gasteiger charge is 2.13. The lowest BCUT2D eigenvalue weighted by atomic mass is 10.1. The van der Waals surface area contributed by atoms with E-state index in [2.05, 4.69) is 30.3 Å². The Labute approximate surface area is 115 Å². The van der Waals surface area contributed by atoms with Gasteiger partial charge in [-0.25, -0.2) is 0 Å². The van der Waals surface area contributed by atoms with Crippen molar-refractivity contribution in [2.75, 3.05) is 37.6 Å². The molecule has 1 atom stereocenters. The Balaban J connectivity index is 2.66. The van der Waals surface area contributed by atoms with Crippen LogP contribution >= 0.6 is 11.8 Å². The summed E-state index contributed by atoms with van der Waals surface area (Å²) in [6.45, 7) is 0.683. The molecule has 0 aromatic heterocycles. The van der Waals surface area contributed by atoms with E-state index in [1.54, 1.807) is 7.11 Å². The van der Waals surface area contributed by atoms with Gasteiger partial charge < -0.3 is 15.4 Å². The van der Waals surface area contributed by atoms with E-state index in [1.807, 2.05) is 23.9 Å². The summed E-state index contributed by atoms with van der Waals surface area (Å²) in [7, 11) is 3.80. The van der Waals surface area contributed by atoms with E-state index in [0.717, 1.165) is 17.9 Å². The van der Waals surface area contributed by atoms with Gasteiger partial charge in [0.1, 0.15) is 5.75 Å². The summed E-state index contributed by atoms with van der Waals surface area (Å²) in [4.78, 5) is 2.25. The van der Waals surface area contributed by atoms with Crippen LogP contribution in [0, 0.1) is 0 Å². The van der Waals surface area contributed by atoms with Crippen LogP contribution in [0.15, 0.2) is 24.3 Å². The number of anilines is 1. The molecule has 0 aliphatic heterocycles. The molecule has 0 bridgehead atoms. The third kappa shape index (κ3) is 4.42. The summed E-state index contributed by atoms with van der Waals surface area (Å²) < 4.78 is 5.26. The summed E-state index contributed by atoms with van der Waals surface area (Å²) in [6.07, 6.45) is 4.48. The smallest absolute Gasteiger partial charge is 0.120 e. The molecule has 3 nitrogen and oxygen atoms in total. The lowest BCUT2D eigenvalue weighted by Gasteiger charge is -2.29. The number of ether oxygens (including phenoxy) is 1. The normalized spacial score (nSPS) is 12.2. The lowest BCUT2D eigenvalue weighted by molar-refractivity contribution is 0.414. The van der Waals surface area contributed by atoms with E-state index >= 15 is 0 Å². The Morgan fingerprint density at radius 3 is 2.83 bits per heavy atom. The molecule has 2 N–H and O–H groups in total. The predicted molar refractivity (Wildman–Crippen MR) is 81.9 cm³/mol. The van der Waals surface area contributed by atoms with Crippen molar-refractivity contribution in [1.29, 1.82) is 0 Å². The van der Waals surface area contributed by atoms with E-state index in [9.17, 15) is 0 Å². The molecule has 0 fully saturated rings. The van der Waals surface area contributed by atoms with Gasteiger partial charge >= 0.3 is 0 Å². The summed E-state index contributed by atoms with van der Waals surface area (Å²) in [5.41, 5.74) is 7.05. The highest BCUT2D eigenvalue weighted by atomic mass is 32.2. The Kier molecular flexibility index (Phi) is 6.98. The third-order valence-corrected chi connectivity index (χ3v) is 3.86. The molecule has 0 aliphatic carbocycles. The maximum Gasteiger partial charge on any atom is 0.120 e. The number of hydrogen-bond acceptors (Lipinski definition) is 4. The molecular weight excluding hydrogens is 244 g/mol. The molecule has 1 unspecified atom stereocenters. The lowest BCUT2D eigenvalue weighted by Crippen LogP contribution is -2.38. The van der Waals surface area contributed by atoms with Crippen molar-refractivity contribution in [2.45, 2.75) is 18.9 Å². The van der Waals surface area contributed by atoms with E-state index in [1.165, 1.54) is 12.2 Å². The molecule has 18 heavy (non-hydrogen) atoms. The molecule has 0 aliphatic rings. The first-order valence-corrected chi connectivity index (χ1v) is 7.68. The van der Waals surface area contributed by atoms with Gasteiger partial charge in [0.25, 0.3) is 0 Å². The van der Waals surface area contributed by atoms with Gasteiger partial charge in [-0.1, -0.05) is 6.07 Å². The molecule has 4 heteroatoms. The zero-order valence-electron chi connectivity index (χ0n) is 11.6. The van der Waals surface area contributed by atoms with Crippen molar-refractivity contribution in [1.82, 2.24) is 0 Å². The average molecular weight is 268 g/mol. The summed E-state index contributed by atoms with van der Waals surface area (Å²) in [5.74, 6) is 2.09. The second-order valence-electron chi connectivity index (χ2n) is 4.34. The number of thioether (sulfide) groups is 1. The number of nitrogens with two attached hydrogens (primary N) is 1. The Morgan fingerprint density at radius 1 is 1.44 bits per heavy atom. The van der Waals surface area contributed by atoms with Crippen LogP contribution in [-0.2, 0) is 0 Å². The van der Waals surface area contributed by atoms with Gasteiger partial charge in [-0.05, 0) is 37.0 Å². The fraction of sp³-hybridized carbons (Fsp3) is 0.571. The molecule has 0 amide bonds. The first kappa shape index (κ1) is 15.2. The first-order valence-electron chi connectivity index (χ1n) is 6.28. The van der Waals surface area contributed by atoms with E-state index < -0.39 is 0 Å². The SMILES string of the molecule is COc1cccc(N(C)C(CN)CCCSC)c1. The van der Waals surface area contributed by atoms with Crippen LogP contribution in [0.1, 0.15) is 12.8 Å². The zero-order chi connectivity index (χ0) is 13.4. The van der Waals surface area contributed by atoms with Gasteiger partial charge in [0.2, 0.25) is 0 Å². The highest BCUT2D eigenvalue weighted by molar-refractivity contribution is 7.98. The van der Waals surface area contributed by atoms with Crippen LogP contribution in [0.25, 0.3) is 0 Å². The van der Waals surface area contributed by atoms with Gasteiger partial charge in [-0.2, -0.15) is 11.8 Å². The highest BCUT2D eigenvalue weighted by Crippen LogP contribution is 2.22. The fourth-order valence-corrected chi connectivity index (χ4v) is 2.43. The molecule has 0 radical (unpaired) electrons. The van der Waals surface area contributed by atoms with Crippen LogP contribution < -0.4 is 15.4 Å². The molecule has 0 spiro atoms. The first-order chi connectivity index (χ1) is 8.72. The van der Waals surface area contributed by atoms with E-state index in [0.29, 0.717) is 12.6 Å². The minimum absolute atomic E-state index is 0.393. The molecule has 1 rings (SSSR count). The average Bonchev–Trinajstić information content (AvgIpc) is 2.43. The topological polar surface area (TPSA) is 38.5 Å². The Morgan fingerprint density at radius 2 is 2.22 bits per heavy atom. The van der Waals surface area contributed by atoms with Gasteiger partial charge in [0, 0.05) is 31.4 Å². The number of likely N-dealkylation sites (N-methyl/N-ethyl adjacent to an activating group) is 1. The number of methoxy groups -OCH3 is 1. The minimum Gasteiger partial charge on any atom is -0.497 e. The molecule has 1 aromatic rings. The van der Waals surface area contributed by atoms with Gasteiger partial charge in [-0.3, -0.25) is 0 Å². The number of hydrogen-bond donors (Lipinski definition) is 1. The largest absolute Gasteiger partial charge is 0.497 e. The van der Waals surface area contributed by atoms with Crippen molar-refractivity contribution >= 4 is 17.4 Å². The quantitative estimate of drug-likeness (QED) is 0.736. The van der Waals surface area contributed by atoms with Crippen LogP contribution in [0.4, 0.5) is 5.69 Å². The van der Waals surface area contributed by atoms with Crippen LogP contribution in [0.5, 0.6) is 5.75 Å². The summed E-state index contributed by atoms with van der Waals surface area (Å²) in [6, 6.07) is 8.52. The molecule has 102 valence electrons. The number of rotatable bonds is 8. The second kappa shape index (κ2) is 8.27. The fourth-order valence-electron chi connectivity index (χ4n) is 1.97. The van der Waals surface area contributed by atoms with Crippen molar-refractivity contribution in [3.05, 3.63) is 24.3 Å². The van der Waals surface area contributed by atoms with Crippen LogP contribution in [-0.4, -0.2) is 38.8 Å².